The quantitative estimate of drug-likeness (QED) is 0.707. The molecule has 1 nitrogen and oxygen atoms in total. The molecule has 0 amide bonds. The molecule has 0 spiro atoms. The highest BCUT2D eigenvalue weighted by molar-refractivity contribution is 9.11. The largest absolute Gasteiger partial charge is 0.294 e. The number of ketones is 1. The summed E-state index contributed by atoms with van der Waals surface area (Å²) < 4.78 is 2.08. The van der Waals surface area contributed by atoms with E-state index in [0.29, 0.717) is 0 Å². The van der Waals surface area contributed by atoms with Crippen LogP contribution in [-0.4, -0.2) is 5.78 Å². The molecule has 0 unspecified atom stereocenters. The van der Waals surface area contributed by atoms with Gasteiger partial charge in [0.25, 0.3) is 0 Å². The van der Waals surface area contributed by atoms with E-state index in [2.05, 4.69) is 15.9 Å². The zero-order valence-electron chi connectivity index (χ0n) is 7.00. The fourth-order valence-electron chi connectivity index (χ4n) is 1.34. The lowest BCUT2D eigenvalue weighted by Gasteiger charge is -1.92. The first kappa shape index (κ1) is 8.91. The number of rotatable bonds is 1. The van der Waals surface area contributed by atoms with E-state index in [-0.39, 0.29) is 5.78 Å². The van der Waals surface area contributed by atoms with Gasteiger partial charge >= 0.3 is 0 Å². The van der Waals surface area contributed by atoms with Gasteiger partial charge in [-0.05, 0) is 28.9 Å². The molecule has 0 aliphatic heterocycles. The highest BCUT2D eigenvalue weighted by Crippen LogP contribution is 2.35. The summed E-state index contributed by atoms with van der Waals surface area (Å²) in [6.07, 6.45) is 0. The number of fused-ring (bicyclic) bond motifs is 1. The standard InChI is InChI=1S/C10H7BrOS/c1-6(12)9-7-4-2-3-5-8(7)13-10(9)11/h2-5H,1H3. The van der Waals surface area contributed by atoms with Gasteiger partial charge in [0.15, 0.2) is 5.78 Å². The second-order valence-electron chi connectivity index (χ2n) is 2.80. The van der Waals surface area contributed by atoms with Crippen LogP contribution in [0.1, 0.15) is 17.3 Å². The van der Waals surface area contributed by atoms with Crippen molar-refractivity contribution in [2.24, 2.45) is 0 Å². The Morgan fingerprint density at radius 3 is 2.77 bits per heavy atom. The molecule has 1 heterocycles. The summed E-state index contributed by atoms with van der Waals surface area (Å²) in [5.41, 5.74) is 0.806. The Morgan fingerprint density at radius 2 is 2.08 bits per heavy atom. The van der Waals surface area contributed by atoms with Crippen LogP contribution in [0.2, 0.25) is 0 Å². The Morgan fingerprint density at radius 1 is 1.38 bits per heavy atom. The van der Waals surface area contributed by atoms with Crippen LogP contribution in [0.4, 0.5) is 0 Å². The fraction of sp³-hybridized carbons (Fsp3) is 0.100. The van der Waals surface area contributed by atoms with E-state index < -0.39 is 0 Å². The molecule has 0 saturated heterocycles. The topological polar surface area (TPSA) is 17.1 Å². The second kappa shape index (κ2) is 3.24. The molecule has 0 radical (unpaired) electrons. The van der Waals surface area contributed by atoms with Crippen molar-refractivity contribution >= 4 is 43.1 Å². The number of halogens is 1. The molecule has 0 bridgehead atoms. The van der Waals surface area contributed by atoms with E-state index in [9.17, 15) is 4.79 Å². The van der Waals surface area contributed by atoms with E-state index in [1.54, 1.807) is 18.3 Å². The number of hydrogen-bond donors (Lipinski definition) is 0. The minimum absolute atomic E-state index is 0.115. The van der Waals surface area contributed by atoms with Crippen molar-refractivity contribution < 1.29 is 4.79 Å². The average molecular weight is 255 g/mol. The highest BCUT2D eigenvalue weighted by atomic mass is 79.9. The van der Waals surface area contributed by atoms with E-state index in [1.807, 2.05) is 24.3 Å². The van der Waals surface area contributed by atoms with Crippen molar-refractivity contribution in [2.45, 2.75) is 6.92 Å². The number of benzene rings is 1. The molecule has 0 aliphatic carbocycles. The van der Waals surface area contributed by atoms with Gasteiger partial charge in [0.2, 0.25) is 0 Å². The Hall–Kier alpha value is -0.670. The molecule has 2 rings (SSSR count). The van der Waals surface area contributed by atoms with Crippen molar-refractivity contribution in [1.29, 1.82) is 0 Å². The summed E-state index contributed by atoms with van der Waals surface area (Å²) in [5.74, 6) is 0.115. The predicted molar refractivity (Wildman–Crippen MR) is 59.5 cm³/mol. The lowest BCUT2D eigenvalue weighted by Crippen LogP contribution is -1.89. The van der Waals surface area contributed by atoms with Gasteiger partial charge in [0.05, 0.1) is 9.35 Å². The Balaban J connectivity index is 2.86. The van der Waals surface area contributed by atoms with Crippen molar-refractivity contribution in [3.63, 3.8) is 0 Å². The summed E-state index contributed by atoms with van der Waals surface area (Å²) in [6.45, 7) is 1.60. The van der Waals surface area contributed by atoms with Gasteiger partial charge in [-0.1, -0.05) is 18.2 Å². The number of carbonyl (C=O) groups is 1. The molecule has 0 N–H and O–H groups in total. The van der Waals surface area contributed by atoms with Crippen LogP contribution in [0.15, 0.2) is 28.1 Å². The summed E-state index contributed by atoms with van der Waals surface area (Å²) in [5, 5.41) is 1.05. The molecule has 1 aromatic heterocycles. The van der Waals surface area contributed by atoms with Crippen LogP contribution in [0, 0.1) is 0 Å². The van der Waals surface area contributed by atoms with Crippen molar-refractivity contribution in [3.05, 3.63) is 33.6 Å². The number of Topliss-reactive ketones (excluding diaryl/α,β-unsaturated/α-hetero) is 1. The Bertz CT molecular complexity index is 473. The summed E-state index contributed by atoms with van der Waals surface area (Å²) in [6, 6.07) is 7.94. The first-order chi connectivity index (χ1) is 6.20. The molecule has 66 valence electrons. The highest BCUT2D eigenvalue weighted by Gasteiger charge is 2.12. The Kier molecular flexibility index (Phi) is 2.22. The van der Waals surface area contributed by atoms with E-state index >= 15 is 0 Å². The van der Waals surface area contributed by atoms with E-state index in [4.69, 9.17) is 0 Å². The van der Waals surface area contributed by atoms with Crippen LogP contribution in [0.25, 0.3) is 10.1 Å². The van der Waals surface area contributed by atoms with Gasteiger partial charge in [0, 0.05) is 10.1 Å². The van der Waals surface area contributed by atoms with Crippen molar-refractivity contribution in [2.75, 3.05) is 0 Å². The fourth-order valence-corrected chi connectivity index (χ4v) is 3.34. The van der Waals surface area contributed by atoms with Gasteiger partial charge in [0.1, 0.15) is 0 Å². The number of thiophene rings is 1. The van der Waals surface area contributed by atoms with Gasteiger partial charge in [-0.2, -0.15) is 0 Å². The molecule has 2 aromatic rings. The maximum absolute atomic E-state index is 11.3. The minimum Gasteiger partial charge on any atom is -0.294 e. The van der Waals surface area contributed by atoms with Gasteiger partial charge in [-0.15, -0.1) is 11.3 Å². The second-order valence-corrected chi connectivity index (χ2v) is 5.17. The maximum atomic E-state index is 11.3. The molecule has 0 atom stereocenters. The smallest absolute Gasteiger partial charge is 0.162 e. The Labute approximate surface area is 88.5 Å². The average Bonchev–Trinajstić information content (AvgIpc) is 2.39. The SMILES string of the molecule is CC(=O)c1c(Br)sc2ccccc12. The molecule has 13 heavy (non-hydrogen) atoms. The molecule has 0 aliphatic rings. The van der Waals surface area contributed by atoms with Crippen LogP contribution < -0.4 is 0 Å². The third-order valence-electron chi connectivity index (χ3n) is 1.90. The zero-order valence-corrected chi connectivity index (χ0v) is 9.41. The molecule has 0 saturated carbocycles. The summed E-state index contributed by atoms with van der Waals surface area (Å²) in [4.78, 5) is 11.3. The minimum atomic E-state index is 0.115. The summed E-state index contributed by atoms with van der Waals surface area (Å²) in [7, 11) is 0. The van der Waals surface area contributed by atoms with E-state index in [1.165, 1.54) is 0 Å². The van der Waals surface area contributed by atoms with Crippen LogP contribution in [0.3, 0.4) is 0 Å². The monoisotopic (exact) mass is 254 g/mol. The van der Waals surface area contributed by atoms with E-state index in [0.717, 1.165) is 19.4 Å². The first-order valence-corrected chi connectivity index (χ1v) is 5.49. The number of hydrogen-bond acceptors (Lipinski definition) is 2. The van der Waals surface area contributed by atoms with Crippen LogP contribution in [-0.2, 0) is 0 Å². The van der Waals surface area contributed by atoms with Crippen LogP contribution in [0.5, 0.6) is 0 Å². The molecular formula is C10H7BrOS. The van der Waals surface area contributed by atoms with Gasteiger partial charge < -0.3 is 0 Å². The normalized spacial score (nSPS) is 10.6. The molecule has 0 fully saturated rings. The third-order valence-corrected chi connectivity index (χ3v) is 3.75. The van der Waals surface area contributed by atoms with Gasteiger partial charge in [-0.3, -0.25) is 4.79 Å². The maximum Gasteiger partial charge on any atom is 0.162 e. The predicted octanol–water partition coefficient (Wildman–Crippen LogP) is 3.87. The molecule has 3 heteroatoms. The third kappa shape index (κ3) is 1.42. The molecular weight excluding hydrogens is 248 g/mol. The summed E-state index contributed by atoms with van der Waals surface area (Å²) >= 11 is 5.01. The number of carbonyl (C=O) groups excluding carboxylic acids is 1. The lowest BCUT2D eigenvalue weighted by molar-refractivity contribution is 0.101. The van der Waals surface area contributed by atoms with Crippen molar-refractivity contribution in [3.8, 4) is 0 Å². The molecule has 1 aromatic carbocycles. The van der Waals surface area contributed by atoms with Crippen LogP contribution >= 0.6 is 27.3 Å². The zero-order chi connectivity index (χ0) is 9.42. The first-order valence-electron chi connectivity index (χ1n) is 3.88. The van der Waals surface area contributed by atoms with Gasteiger partial charge in [-0.25, -0.2) is 0 Å². The van der Waals surface area contributed by atoms with Crippen molar-refractivity contribution in [1.82, 2.24) is 0 Å². The lowest BCUT2D eigenvalue weighted by atomic mass is 10.1.